The van der Waals surface area contributed by atoms with Crippen molar-refractivity contribution in [3.05, 3.63) is 34.3 Å². The molecule has 0 saturated carbocycles. The first-order valence-corrected chi connectivity index (χ1v) is 8.31. The SMILES string of the molecule is C[C@H](CCO)NC1CCN(Cc2ccccc2Br)CC1. The van der Waals surface area contributed by atoms with Crippen molar-refractivity contribution in [3.63, 3.8) is 0 Å². The van der Waals surface area contributed by atoms with Crippen LogP contribution in [-0.4, -0.2) is 41.8 Å². The van der Waals surface area contributed by atoms with Gasteiger partial charge in [-0.1, -0.05) is 34.1 Å². The Balaban J connectivity index is 1.76. The predicted octanol–water partition coefficient (Wildman–Crippen LogP) is 2.77. The molecule has 2 rings (SSSR count). The number of aliphatic hydroxyl groups excluding tert-OH is 1. The highest BCUT2D eigenvalue weighted by Crippen LogP contribution is 2.20. The molecule has 0 aliphatic carbocycles. The van der Waals surface area contributed by atoms with Gasteiger partial charge in [0, 0.05) is 29.7 Å². The van der Waals surface area contributed by atoms with Gasteiger partial charge in [0.05, 0.1) is 0 Å². The zero-order valence-corrected chi connectivity index (χ0v) is 13.8. The van der Waals surface area contributed by atoms with Crippen LogP contribution in [-0.2, 0) is 6.54 Å². The van der Waals surface area contributed by atoms with Crippen molar-refractivity contribution in [2.24, 2.45) is 0 Å². The molecule has 0 unspecified atom stereocenters. The average molecular weight is 341 g/mol. The van der Waals surface area contributed by atoms with Gasteiger partial charge in [-0.25, -0.2) is 0 Å². The van der Waals surface area contributed by atoms with Crippen LogP contribution in [0.5, 0.6) is 0 Å². The van der Waals surface area contributed by atoms with E-state index in [0.717, 1.165) is 26.1 Å². The summed E-state index contributed by atoms with van der Waals surface area (Å²) in [6.07, 6.45) is 3.23. The summed E-state index contributed by atoms with van der Waals surface area (Å²) >= 11 is 3.62. The van der Waals surface area contributed by atoms with E-state index in [2.05, 4.69) is 57.3 Å². The van der Waals surface area contributed by atoms with Gasteiger partial charge < -0.3 is 10.4 Å². The van der Waals surface area contributed by atoms with Crippen LogP contribution < -0.4 is 5.32 Å². The number of nitrogens with zero attached hydrogens (tertiary/aromatic N) is 1. The van der Waals surface area contributed by atoms with Crippen LogP contribution in [0.1, 0.15) is 31.7 Å². The molecule has 0 radical (unpaired) electrons. The molecule has 112 valence electrons. The van der Waals surface area contributed by atoms with E-state index < -0.39 is 0 Å². The van der Waals surface area contributed by atoms with E-state index >= 15 is 0 Å². The molecule has 4 heteroatoms. The van der Waals surface area contributed by atoms with E-state index in [1.54, 1.807) is 0 Å². The number of hydrogen-bond acceptors (Lipinski definition) is 3. The van der Waals surface area contributed by atoms with Crippen LogP contribution in [0.2, 0.25) is 0 Å². The highest BCUT2D eigenvalue weighted by atomic mass is 79.9. The summed E-state index contributed by atoms with van der Waals surface area (Å²) in [5.41, 5.74) is 1.37. The number of hydrogen-bond donors (Lipinski definition) is 2. The monoisotopic (exact) mass is 340 g/mol. The van der Waals surface area contributed by atoms with Gasteiger partial charge in [-0.3, -0.25) is 4.90 Å². The standard InChI is InChI=1S/C16H25BrN2O/c1-13(8-11-20)18-15-6-9-19(10-7-15)12-14-4-2-3-5-16(14)17/h2-5,13,15,18,20H,6-12H2,1H3/t13-/m1/s1. The van der Waals surface area contributed by atoms with Gasteiger partial charge in [-0.05, 0) is 50.9 Å². The number of piperidine rings is 1. The molecule has 3 nitrogen and oxygen atoms in total. The molecule has 1 fully saturated rings. The Morgan fingerprint density at radius 3 is 2.70 bits per heavy atom. The number of aliphatic hydroxyl groups is 1. The lowest BCUT2D eigenvalue weighted by Crippen LogP contribution is -2.45. The van der Waals surface area contributed by atoms with Crippen molar-refractivity contribution >= 4 is 15.9 Å². The van der Waals surface area contributed by atoms with E-state index in [9.17, 15) is 0 Å². The molecule has 2 N–H and O–H groups in total. The number of rotatable bonds is 6. The second kappa shape index (κ2) is 8.13. The van der Waals surface area contributed by atoms with Crippen molar-refractivity contribution in [2.75, 3.05) is 19.7 Å². The van der Waals surface area contributed by atoms with E-state index in [0.29, 0.717) is 12.1 Å². The van der Waals surface area contributed by atoms with E-state index in [-0.39, 0.29) is 6.61 Å². The Labute approximate surface area is 130 Å². The third kappa shape index (κ3) is 4.85. The average Bonchev–Trinajstić information content (AvgIpc) is 2.44. The number of likely N-dealkylation sites (tertiary alicyclic amines) is 1. The molecule has 1 aromatic carbocycles. The summed E-state index contributed by atoms with van der Waals surface area (Å²) in [5.74, 6) is 0. The maximum atomic E-state index is 8.95. The molecular formula is C16H25BrN2O. The molecule has 1 heterocycles. The molecule has 1 aliphatic rings. The fourth-order valence-corrected chi connectivity index (χ4v) is 3.21. The van der Waals surface area contributed by atoms with Crippen molar-refractivity contribution in [2.45, 2.75) is 44.8 Å². The summed E-state index contributed by atoms with van der Waals surface area (Å²) in [4.78, 5) is 2.52. The molecule has 20 heavy (non-hydrogen) atoms. The van der Waals surface area contributed by atoms with Crippen molar-refractivity contribution in [3.8, 4) is 0 Å². The highest BCUT2D eigenvalue weighted by Gasteiger charge is 2.20. The molecule has 1 aromatic rings. The Morgan fingerprint density at radius 2 is 2.05 bits per heavy atom. The summed E-state index contributed by atoms with van der Waals surface area (Å²) in [7, 11) is 0. The van der Waals surface area contributed by atoms with E-state index in [1.807, 2.05) is 0 Å². The molecule has 0 spiro atoms. The zero-order chi connectivity index (χ0) is 14.4. The van der Waals surface area contributed by atoms with Gasteiger partial charge in [0.15, 0.2) is 0 Å². The minimum absolute atomic E-state index is 0.273. The van der Waals surface area contributed by atoms with Crippen LogP contribution in [0, 0.1) is 0 Å². The van der Waals surface area contributed by atoms with E-state index in [4.69, 9.17) is 5.11 Å². The third-order valence-electron chi connectivity index (χ3n) is 4.02. The molecular weight excluding hydrogens is 316 g/mol. The van der Waals surface area contributed by atoms with Crippen LogP contribution in [0.25, 0.3) is 0 Å². The molecule has 1 aliphatic heterocycles. The first kappa shape index (κ1) is 16.0. The Morgan fingerprint density at radius 1 is 1.35 bits per heavy atom. The van der Waals surface area contributed by atoms with Gasteiger partial charge in [-0.15, -0.1) is 0 Å². The first-order chi connectivity index (χ1) is 9.69. The predicted molar refractivity (Wildman–Crippen MR) is 86.7 cm³/mol. The van der Waals surface area contributed by atoms with Crippen LogP contribution in [0.15, 0.2) is 28.7 Å². The van der Waals surface area contributed by atoms with Gasteiger partial charge in [0.1, 0.15) is 0 Å². The lowest BCUT2D eigenvalue weighted by molar-refractivity contribution is 0.179. The third-order valence-corrected chi connectivity index (χ3v) is 4.80. The topological polar surface area (TPSA) is 35.5 Å². The molecule has 0 bridgehead atoms. The maximum absolute atomic E-state index is 8.95. The largest absolute Gasteiger partial charge is 0.396 e. The maximum Gasteiger partial charge on any atom is 0.0445 e. The number of benzene rings is 1. The van der Waals surface area contributed by atoms with Gasteiger partial charge >= 0.3 is 0 Å². The normalized spacial score (nSPS) is 19.1. The minimum Gasteiger partial charge on any atom is -0.396 e. The fourth-order valence-electron chi connectivity index (χ4n) is 2.80. The minimum atomic E-state index is 0.273. The Kier molecular flexibility index (Phi) is 6.49. The van der Waals surface area contributed by atoms with Crippen molar-refractivity contribution in [1.82, 2.24) is 10.2 Å². The van der Waals surface area contributed by atoms with E-state index in [1.165, 1.54) is 22.9 Å². The summed E-state index contributed by atoms with van der Waals surface area (Å²) in [6, 6.07) is 9.49. The highest BCUT2D eigenvalue weighted by molar-refractivity contribution is 9.10. The summed E-state index contributed by atoms with van der Waals surface area (Å²) in [5, 5.41) is 12.6. The summed E-state index contributed by atoms with van der Waals surface area (Å²) < 4.78 is 1.21. The summed E-state index contributed by atoms with van der Waals surface area (Å²) in [6.45, 7) is 5.74. The Hall–Kier alpha value is -0.420. The molecule has 0 amide bonds. The number of halogens is 1. The molecule has 0 aromatic heterocycles. The first-order valence-electron chi connectivity index (χ1n) is 7.51. The smallest absolute Gasteiger partial charge is 0.0445 e. The van der Waals surface area contributed by atoms with Crippen molar-refractivity contribution in [1.29, 1.82) is 0 Å². The second-order valence-corrected chi connectivity index (χ2v) is 6.58. The lowest BCUT2D eigenvalue weighted by atomic mass is 10.0. The van der Waals surface area contributed by atoms with Gasteiger partial charge in [-0.2, -0.15) is 0 Å². The fraction of sp³-hybridized carbons (Fsp3) is 0.625. The quantitative estimate of drug-likeness (QED) is 0.835. The van der Waals surface area contributed by atoms with Gasteiger partial charge in [0.2, 0.25) is 0 Å². The van der Waals surface area contributed by atoms with Crippen LogP contribution in [0.3, 0.4) is 0 Å². The molecule has 1 atom stereocenters. The lowest BCUT2D eigenvalue weighted by Gasteiger charge is -2.34. The zero-order valence-electron chi connectivity index (χ0n) is 12.2. The van der Waals surface area contributed by atoms with Crippen LogP contribution in [0.4, 0.5) is 0 Å². The molecule has 1 saturated heterocycles. The van der Waals surface area contributed by atoms with Crippen LogP contribution >= 0.6 is 15.9 Å². The Bertz CT molecular complexity index is 405. The van der Waals surface area contributed by atoms with Gasteiger partial charge in [0.25, 0.3) is 0 Å². The second-order valence-electron chi connectivity index (χ2n) is 5.72. The number of nitrogens with one attached hydrogen (secondary N) is 1. The van der Waals surface area contributed by atoms with Crippen molar-refractivity contribution < 1.29 is 5.11 Å².